The number of pyridine rings is 1. The summed E-state index contributed by atoms with van der Waals surface area (Å²) in [5, 5.41) is 8.02. The first-order valence-electron chi connectivity index (χ1n) is 10.8. The molecule has 0 radical (unpaired) electrons. The topological polar surface area (TPSA) is 94.4 Å². The van der Waals surface area contributed by atoms with Gasteiger partial charge >= 0.3 is 0 Å². The summed E-state index contributed by atoms with van der Waals surface area (Å²) in [4.78, 5) is 14.5. The Hall–Kier alpha value is -2.94. The largest absolute Gasteiger partial charge is 0.361 e. The predicted molar refractivity (Wildman–Crippen MR) is 134 cm³/mol. The van der Waals surface area contributed by atoms with Crippen molar-refractivity contribution in [3.63, 3.8) is 0 Å². The van der Waals surface area contributed by atoms with E-state index in [0.29, 0.717) is 0 Å². The van der Waals surface area contributed by atoms with Crippen LogP contribution in [-0.2, 0) is 6.42 Å². The van der Waals surface area contributed by atoms with E-state index in [2.05, 4.69) is 72.0 Å². The quantitative estimate of drug-likeness (QED) is 0.435. The van der Waals surface area contributed by atoms with E-state index in [-0.39, 0.29) is 0 Å². The molecule has 0 amide bonds. The summed E-state index contributed by atoms with van der Waals surface area (Å²) in [5.41, 5.74) is 12.1. The summed E-state index contributed by atoms with van der Waals surface area (Å²) >= 11 is 3.66. The molecule has 3 aromatic rings. The van der Waals surface area contributed by atoms with E-state index < -0.39 is 6.29 Å². The summed E-state index contributed by atoms with van der Waals surface area (Å²) in [6, 6.07) is 12.3. The van der Waals surface area contributed by atoms with Crippen molar-refractivity contribution >= 4 is 43.9 Å². The number of hydrogen-bond donors (Lipinski definition) is 4. The van der Waals surface area contributed by atoms with Crippen LogP contribution in [0.2, 0.25) is 0 Å². The average molecular weight is 492 g/mol. The third-order valence-electron chi connectivity index (χ3n) is 5.81. The third kappa shape index (κ3) is 4.48. The number of nitrogens with zero attached hydrogens (tertiary/aromatic N) is 3. The first kappa shape index (κ1) is 20.9. The zero-order valence-corrected chi connectivity index (χ0v) is 19.3. The molecule has 1 unspecified atom stereocenters. The molecule has 0 fully saturated rings. The number of aliphatic imine (C=N–C) groups is 1. The Morgan fingerprint density at radius 2 is 2.19 bits per heavy atom. The number of aromatic amines is 1. The number of aromatic nitrogens is 2. The second-order valence-electron chi connectivity index (χ2n) is 7.95. The zero-order chi connectivity index (χ0) is 21.9. The van der Waals surface area contributed by atoms with Crippen LogP contribution in [0.15, 0.2) is 70.5 Å². The van der Waals surface area contributed by atoms with E-state index in [1.165, 1.54) is 16.5 Å². The smallest absolute Gasteiger partial charge is 0.175 e. The van der Waals surface area contributed by atoms with Crippen molar-refractivity contribution in [3.05, 3.63) is 76.8 Å². The van der Waals surface area contributed by atoms with Gasteiger partial charge in [0.25, 0.3) is 0 Å². The lowest BCUT2D eigenvalue weighted by atomic mass is 9.99. The van der Waals surface area contributed by atoms with Crippen molar-refractivity contribution in [1.29, 1.82) is 0 Å². The van der Waals surface area contributed by atoms with Gasteiger partial charge in [-0.2, -0.15) is 0 Å². The molecule has 0 saturated carbocycles. The molecule has 7 nitrogen and oxygen atoms in total. The summed E-state index contributed by atoms with van der Waals surface area (Å²) < 4.78 is 0.871. The number of hydrogen-bond acceptors (Lipinski definition) is 6. The van der Waals surface area contributed by atoms with Gasteiger partial charge in [-0.15, -0.1) is 0 Å². The van der Waals surface area contributed by atoms with Crippen LogP contribution in [0, 0.1) is 0 Å². The standard InChI is InChI=1S/C24H26BrN7/c25-21-15-32(12-8-17-3-1-2-9-28-17)24(26)31-23(21)30-18-4-5-22-19(13-18)20(14-29-22)16-6-10-27-11-7-16/h1-6,9,13-15,24,27,29H,7-8,10-12,26H2,(H,30,31). The number of nitrogens with two attached hydrogens (primary N) is 1. The molecular weight excluding hydrogens is 466 g/mol. The Bertz CT molecular complexity index is 1200. The van der Waals surface area contributed by atoms with Crippen molar-refractivity contribution in [2.24, 2.45) is 10.7 Å². The van der Waals surface area contributed by atoms with E-state index in [0.717, 1.165) is 59.7 Å². The number of anilines is 1. The first-order chi connectivity index (χ1) is 15.7. The molecule has 0 bridgehead atoms. The van der Waals surface area contributed by atoms with Gasteiger partial charge in [-0.1, -0.05) is 12.1 Å². The molecule has 1 atom stereocenters. The number of nitrogens with one attached hydrogen (secondary N) is 3. The van der Waals surface area contributed by atoms with Crippen LogP contribution in [0.25, 0.3) is 16.5 Å². The van der Waals surface area contributed by atoms with E-state index in [4.69, 9.17) is 5.73 Å². The number of H-pyrrole nitrogens is 1. The fourth-order valence-electron chi connectivity index (χ4n) is 4.10. The molecule has 5 rings (SSSR count). The predicted octanol–water partition coefficient (Wildman–Crippen LogP) is 3.79. The number of fused-ring (bicyclic) bond motifs is 1. The average Bonchev–Trinajstić information content (AvgIpc) is 3.25. The Balaban J connectivity index is 1.31. The maximum absolute atomic E-state index is 6.34. The van der Waals surface area contributed by atoms with Gasteiger partial charge in [0.15, 0.2) is 6.29 Å². The number of benzene rings is 1. The SMILES string of the molecule is NC1N=C(Nc2ccc3[nH]cc(C4=CCNCC4)c3c2)C(Br)=CN1CCc1ccccn1. The van der Waals surface area contributed by atoms with Crippen LogP contribution in [0.4, 0.5) is 5.69 Å². The van der Waals surface area contributed by atoms with Gasteiger partial charge in [0.05, 0.1) is 4.48 Å². The maximum Gasteiger partial charge on any atom is 0.175 e. The minimum atomic E-state index is -0.450. The second kappa shape index (κ2) is 9.28. The second-order valence-corrected chi connectivity index (χ2v) is 8.80. The molecule has 164 valence electrons. The Morgan fingerprint density at radius 3 is 3.00 bits per heavy atom. The van der Waals surface area contributed by atoms with Crippen molar-refractivity contribution < 1.29 is 0 Å². The van der Waals surface area contributed by atoms with Crippen molar-refractivity contribution in [2.45, 2.75) is 19.1 Å². The van der Waals surface area contributed by atoms with Gasteiger partial charge < -0.3 is 20.5 Å². The monoisotopic (exact) mass is 491 g/mol. The fraction of sp³-hybridized carbons (Fsp3) is 0.250. The lowest BCUT2D eigenvalue weighted by Crippen LogP contribution is -2.42. The van der Waals surface area contributed by atoms with Gasteiger partial charge in [-0.25, -0.2) is 4.99 Å². The molecule has 0 aliphatic carbocycles. The van der Waals surface area contributed by atoms with Gasteiger partial charge in [0, 0.05) is 66.0 Å². The molecule has 0 saturated heterocycles. The molecule has 1 aromatic carbocycles. The van der Waals surface area contributed by atoms with Crippen LogP contribution in [0.1, 0.15) is 17.7 Å². The van der Waals surface area contributed by atoms with Gasteiger partial charge in [-0.3, -0.25) is 10.7 Å². The highest BCUT2D eigenvalue weighted by atomic mass is 79.9. The van der Waals surface area contributed by atoms with E-state index in [9.17, 15) is 0 Å². The molecule has 2 aromatic heterocycles. The molecule has 8 heteroatoms. The minimum Gasteiger partial charge on any atom is -0.361 e. The number of amidine groups is 1. The summed E-state index contributed by atoms with van der Waals surface area (Å²) in [5.74, 6) is 0.726. The third-order valence-corrected chi connectivity index (χ3v) is 6.39. The zero-order valence-electron chi connectivity index (χ0n) is 17.7. The molecule has 32 heavy (non-hydrogen) atoms. The molecule has 2 aliphatic rings. The summed E-state index contributed by atoms with van der Waals surface area (Å²) in [7, 11) is 0. The van der Waals surface area contributed by atoms with Crippen molar-refractivity contribution in [3.8, 4) is 0 Å². The number of halogens is 1. The molecular formula is C24H26BrN7. The lowest BCUT2D eigenvalue weighted by molar-refractivity contribution is 0.288. The highest BCUT2D eigenvalue weighted by molar-refractivity contribution is 9.12. The Kier molecular flexibility index (Phi) is 6.07. The molecule has 4 heterocycles. The summed E-state index contributed by atoms with van der Waals surface area (Å²) in [6.45, 7) is 2.68. The fourth-order valence-corrected chi connectivity index (χ4v) is 4.56. The molecule has 2 aliphatic heterocycles. The van der Waals surface area contributed by atoms with Crippen LogP contribution in [0.5, 0.6) is 0 Å². The maximum atomic E-state index is 6.34. The van der Waals surface area contributed by atoms with Crippen molar-refractivity contribution in [1.82, 2.24) is 20.2 Å². The highest BCUT2D eigenvalue weighted by Gasteiger charge is 2.20. The van der Waals surface area contributed by atoms with Crippen LogP contribution in [-0.4, -0.2) is 46.6 Å². The minimum absolute atomic E-state index is 0.450. The van der Waals surface area contributed by atoms with Gasteiger partial charge in [-0.05, 0) is 64.8 Å². The van der Waals surface area contributed by atoms with E-state index >= 15 is 0 Å². The highest BCUT2D eigenvalue weighted by Crippen LogP contribution is 2.30. The molecule has 0 spiro atoms. The first-order valence-corrected chi connectivity index (χ1v) is 11.6. The van der Waals surface area contributed by atoms with Gasteiger partial charge in [0.1, 0.15) is 5.84 Å². The van der Waals surface area contributed by atoms with E-state index in [1.807, 2.05) is 35.5 Å². The van der Waals surface area contributed by atoms with Crippen molar-refractivity contribution in [2.75, 3.05) is 25.0 Å². The number of rotatable bonds is 5. The van der Waals surface area contributed by atoms with Crippen LogP contribution >= 0.6 is 15.9 Å². The van der Waals surface area contributed by atoms with E-state index in [1.54, 1.807) is 0 Å². The molecule has 5 N–H and O–H groups in total. The normalized spacial score (nSPS) is 18.9. The lowest BCUT2D eigenvalue weighted by Gasteiger charge is -2.29. The van der Waals surface area contributed by atoms with Crippen LogP contribution < -0.4 is 16.4 Å². The van der Waals surface area contributed by atoms with Crippen LogP contribution in [0.3, 0.4) is 0 Å². The van der Waals surface area contributed by atoms with Gasteiger partial charge in [0.2, 0.25) is 0 Å². The Morgan fingerprint density at radius 1 is 1.25 bits per heavy atom. The Labute approximate surface area is 195 Å². The summed E-state index contributed by atoms with van der Waals surface area (Å²) in [6.07, 6.45) is 9.59.